The van der Waals surface area contributed by atoms with Crippen LogP contribution in [0.4, 0.5) is 0 Å². The van der Waals surface area contributed by atoms with E-state index in [-0.39, 0.29) is 11.9 Å². The Balaban J connectivity index is 2.34. The van der Waals surface area contributed by atoms with Crippen LogP contribution in [0.25, 0.3) is 0 Å². The summed E-state index contributed by atoms with van der Waals surface area (Å²) in [5.74, 6) is 0.136. The van der Waals surface area contributed by atoms with Gasteiger partial charge in [0.15, 0.2) is 0 Å². The van der Waals surface area contributed by atoms with Crippen LogP contribution in [-0.2, 0) is 4.79 Å². The van der Waals surface area contributed by atoms with Crippen LogP contribution in [0.1, 0.15) is 32.1 Å². The maximum Gasteiger partial charge on any atom is 0.236 e. The Morgan fingerprint density at radius 1 is 1.33 bits per heavy atom. The van der Waals surface area contributed by atoms with E-state index in [1.807, 2.05) is 0 Å². The highest BCUT2D eigenvalue weighted by Crippen LogP contribution is 2.09. The molecule has 0 saturated carbocycles. The van der Waals surface area contributed by atoms with E-state index in [0.29, 0.717) is 0 Å². The fourth-order valence-corrected chi connectivity index (χ4v) is 1.60. The van der Waals surface area contributed by atoms with E-state index in [4.69, 9.17) is 0 Å². The van der Waals surface area contributed by atoms with Gasteiger partial charge in [0.25, 0.3) is 0 Å². The van der Waals surface area contributed by atoms with Crippen molar-refractivity contribution in [3.8, 4) is 0 Å². The smallest absolute Gasteiger partial charge is 0.236 e. The van der Waals surface area contributed by atoms with Gasteiger partial charge >= 0.3 is 0 Å². The number of hydrogen-bond donors (Lipinski definition) is 2. The molecule has 0 aromatic carbocycles. The minimum absolute atomic E-state index is 0.0512. The molecule has 0 radical (unpaired) electrons. The van der Waals surface area contributed by atoms with Gasteiger partial charge in [0, 0.05) is 7.05 Å². The van der Waals surface area contributed by atoms with Crippen molar-refractivity contribution in [1.29, 1.82) is 0 Å². The lowest BCUT2D eigenvalue weighted by atomic mass is 10.0. The summed E-state index contributed by atoms with van der Waals surface area (Å²) in [6.07, 6.45) is 5.93. The van der Waals surface area contributed by atoms with Crippen LogP contribution in [-0.4, -0.2) is 25.5 Å². The first-order chi connectivity index (χ1) is 5.84. The molecule has 1 unspecified atom stereocenters. The molecule has 1 fully saturated rings. The number of hydrogen-bond acceptors (Lipinski definition) is 2. The molecule has 1 rings (SSSR count). The number of likely N-dealkylation sites (N-methyl/N-ethyl adjacent to an activating group) is 1. The third kappa shape index (κ3) is 2.81. The van der Waals surface area contributed by atoms with E-state index >= 15 is 0 Å². The first-order valence-electron chi connectivity index (χ1n) is 4.79. The van der Waals surface area contributed by atoms with Gasteiger partial charge in [-0.15, -0.1) is 0 Å². The Hall–Kier alpha value is -0.570. The van der Waals surface area contributed by atoms with Crippen molar-refractivity contribution >= 4 is 5.91 Å². The summed E-state index contributed by atoms with van der Waals surface area (Å²) in [6.45, 7) is 0.984. The van der Waals surface area contributed by atoms with E-state index in [0.717, 1.165) is 13.0 Å². The molecule has 0 aromatic heterocycles. The van der Waals surface area contributed by atoms with E-state index in [9.17, 15) is 4.79 Å². The molecule has 0 aliphatic carbocycles. The second-order valence-corrected chi connectivity index (χ2v) is 3.32. The van der Waals surface area contributed by atoms with Crippen molar-refractivity contribution in [2.24, 2.45) is 0 Å². The molecule has 1 amide bonds. The van der Waals surface area contributed by atoms with Crippen LogP contribution in [0.5, 0.6) is 0 Å². The van der Waals surface area contributed by atoms with Gasteiger partial charge in [-0.3, -0.25) is 4.79 Å². The molecule has 1 saturated heterocycles. The number of carbonyl (C=O) groups is 1. The van der Waals surface area contributed by atoms with E-state index in [1.54, 1.807) is 7.05 Å². The maximum absolute atomic E-state index is 11.3. The molecule has 70 valence electrons. The Morgan fingerprint density at radius 3 is 2.83 bits per heavy atom. The second kappa shape index (κ2) is 5.14. The summed E-state index contributed by atoms with van der Waals surface area (Å²) >= 11 is 0. The number of amides is 1. The highest BCUT2D eigenvalue weighted by Gasteiger charge is 2.16. The molecule has 0 spiro atoms. The predicted octanol–water partition coefficient (Wildman–Crippen LogP) is 0.655. The fraction of sp³-hybridized carbons (Fsp3) is 0.889. The topological polar surface area (TPSA) is 41.1 Å². The molecule has 1 heterocycles. The van der Waals surface area contributed by atoms with Crippen LogP contribution in [0.2, 0.25) is 0 Å². The van der Waals surface area contributed by atoms with Gasteiger partial charge in [-0.2, -0.15) is 0 Å². The molecular weight excluding hydrogens is 152 g/mol. The second-order valence-electron chi connectivity index (χ2n) is 3.32. The number of rotatable bonds is 1. The highest BCUT2D eigenvalue weighted by atomic mass is 16.2. The zero-order chi connectivity index (χ0) is 8.81. The zero-order valence-electron chi connectivity index (χ0n) is 7.73. The van der Waals surface area contributed by atoms with E-state index in [2.05, 4.69) is 10.6 Å². The lowest BCUT2D eigenvalue weighted by Crippen LogP contribution is -2.43. The molecular formula is C9H18N2O. The first-order valence-corrected chi connectivity index (χ1v) is 4.79. The predicted molar refractivity (Wildman–Crippen MR) is 48.9 cm³/mol. The van der Waals surface area contributed by atoms with Crippen LogP contribution in [0, 0.1) is 0 Å². The normalized spacial score (nSPS) is 25.6. The monoisotopic (exact) mass is 170 g/mol. The van der Waals surface area contributed by atoms with Crippen molar-refractivity contribution in [2.45, 2.75) is 38.1 Å². The van der Waals surface area contributed by atoms with E-state index in [1.165, 1.54) is 25.7 Å². The van der Waals surface area contributed by atoms with Gasteiger partial charge < -0.3 is 10.6 Å². The van der Waals surface area contributed by atoms with Crippen molar-refractivity contribution < 1.29 is 4.79 Å². The maximum atomic E-state index is 11.3. The Morgan fingerprint density at radius 2 is 2.08 bits per heavy atom. The first kappa shape index (κ1) is 9.52. The third-order valence-electron chi connectivity index (χ3n) is 2.37. The molecule has 3 nitrogen and oxygen atoms in total. The number of carbonyl (C=O) groups excluding carboxylic acids is 1. The summed E-state index contributed by atoms with van der Waals surface area (Å²) < 4.78 is 0. The van der Waals surface area contributed by atoms with Crippen LogP contribution >= 0.6 is 0 Å². The SMILES string of the molecule is CNC(=O)C1CCCCCCN1. The molecule has 1 aliphatic heterocycles. The van der Waals surface area contributed by atoms with Gasteiger partial charge in [0.05, 0.1) is 6.04 Å². The van der Waals surface area contributed by atoms with Crippen molar-refractivity contribution in [3.63, 3.8) is 0 Å². The molecule has 12 heavy (non-hydrogen) atoms. The van der Waals surface area contributed by atoms with Gasteiger partial charge in [0.2, 0.25) is 5.91 Å². The molecule has 0 bridgehead atoms. The fourth-order valence-electron chi connectivity index (χ4n) is 1.60. The molecule has 2 N–H and O–H groups in total. The van der Waals surface area contributed by atoms with Crippen molar-refractivity contribution in [3.05, 3.63) is 0 Å². The van der Waals surface area contributed by atoms with Gasteiger partial charge in [-0.1, -0.05) is 19.3 Å². The largest absolute Gasteiger partial charge is 0.358 e. The van der Waals surface area contributed by atoms with Crippen LogP contribution in [0.3, 0.4) is 0 Å². The highest BCUT2D eigenvalue weighted by molar-refractivity contribution is 5.81. The lowest BCUT2D eigenvalue weighted by Gasteiger charge is -2.19. The average Bonchev–Trinajstić information content (AvgIpc) is 2.02. The summed E-state index contributed by atoms with van der Waals surface area (Å²) in [4.78, 5) is 11.3. The van der Waals surface area contributed by atoms with Gasteiger partial charge in [-0.05, 0) is 19.4 Å². The van der Waals surface area contributed by atoms with Crippen LogP contribution in [0.15, 0.2) is 0 Å². The van der Waals surface area contributed by atoms with Crippen molar-refractivity contribution in [1.82, 2.24) is 10.6 Å². The minimum Gasteiger partial charge on any atom is -0.358 e. The third-order valence-corrected chi connectivity index (χ3v) is 2.37. The number of nitrogens with one attached hydrogen (secondary N) is 2. The van der Waals surface area contributed by atoms with E-state index < -0.39 is 0 Å². The summed E-state index contributed by atoms with van der Waals surface area (Å²) in [5.41, 5.74) is 0. The lowest BCUT2D eigenvalue weighted by molar-refractivity contribution is -0.122. The standard InChI is InChI=1S/C9H18N2O/c1-10-9(12)8-6-4-2-3-5-7-11-8/h8,11H,2-7H2,1H3,(H,10,12). The molecule has 1 aliphatic rings. The summed E-state index contributed by atoms with van der Waals surface area (Å²) in [6, 6.07) is 0.0512. The van der Waals surface area contributed by atoms with Crippen molar-refractivity contribution in [2.75, 3.05) is 13.6 Å². The summed E-state index contributed by atoms with van der Waals surface area (Å²) in [5, 5.41) is 5.94. The minimum atomic E-state index is 0.0512. The van der Waals surface area contributed by atoms with Crippen LogP contribution < -0.4 is 10.6 Å². The molecule has 0 aromatic rings. The quantitative estimate of drug-likeness (QED) is 0.607. The Bertz CT molecular complexity index is 139. The Kier molecular flexibility index (Phi) is 4.08. The molecule has 3 heteroatoms. The van der Waals surface area contributed by atoms with Gasteiger partial charge in [0.1, 0.15) is 0 Å². The Labute approximate surface area is 73.9 Å². The zero-order valence-corrected chi connectivity index (χ0v) is 7.73. The average molecular weight is 170 g/mol. The van der Waals surface area contributed by atoms with Gasteiger partial charge in [-0.25, -0.2) is 0 Å². The molecule has 1 atom stereocenters. The summed E-state index contributed by atoms with van der Waals surface area (Å²) in [7, 11) is 1.70.